The van der Waals surface area contributed by atoms with Gasteiger partial charge in [-0.3, -0.25) is 0 Å². The molecule has 0 N–H and O–H groups in total. The van der Waals surface area contributed by atoms with Crippen LogP contribution in [0.2, 0.25) is 0 Å². The van der Waals surface area contributed by atoms with Gasteiger partial charge in [-0.05, 0) is 31.4 Å². The maximum absolute atomic E-state index is 5.58. The lowest BCUT2D eigenvalue weighted by Gasteiger charge is -2.08. The van der Waals surface area contributed by atoms with Crippen molar-refractivity contribution in [1.29, 1.82) is 0 Å². The Bertz CT molecular complexity index is 371. The zero-order chi connectivity index (χ0) is 15.2. The van der Waals surface area contributed by atoms with Crippen molar-refractivity contribution >= 4 is 0 Å². The number of terminal acetylenes is 1. The first kappa shape index (κ1) is 17.8. The number of rotatable bonds is 7. The summed E-state index contributed by atoms with van der Waals surface area (Å²) in [5.74, 6) is 2.53. The van der Waals surface area contributed by atoms with E-state index in [1.54, 1.807) is 0 Å². The van der Waals surface area contributed by atoms with Gasteiger partial charge >= 0.3 is 0 Å². The van der Waals surface area contributed by atoms with E-state index in [1.807, 2.05) is 30.3 Å². The third-order valence-corrected chi connectivity index (χ3v) is 3.84. The van der Waals surface area contributed by atoms with Gasteiger partial charge in [0.05, 0.1) is 6.10 Å². The predicted molar refractivity (Wildman–Crippen MR) is 91.3 cm³/mol. The molecule has 1 aromatic carbocycles. The van der Waals surface area contributed by atoms with Gasteiger partial charge in [0.2, 0.25) is 0 Å². The molecule has 0 spiro atoms. The van der Waals surface area contributed by atoms with Gasteiger partial charge in [0.1, 0.15) is 0 Å². The number of hydrogen-bond donors (Lipinski definition) is 0. The molecule has 1 aromatic rings. The van der Waals surface area contributed by atoms with Gasteiger partial charge in [-0.25, -0.2) is 0 Å². The van der Waals surface area contributed by atoms with Crippen molar-refractivity contribution in [3.05, 3.63) is 35.9 Å². The third-order valence-electron chi connectivity index (χ3n) is 3.84. The molecule has 1 heteroatoms. The van der Waals surface area contributed by atoms with Crippen LogP contribution in [0.3, 0.4) is 0 Å². The Labute approximate surface area is 131 Å². The monoisotopic (exact) mass is 286 g/mol. The Morgan fingerprint density at radius 1 is 1.10 bits per heavy atom. The fourth-order valence-corrected chi connectivity index (χ4v) is 2.56. The maximum Gasteiger partial charge on any atom is 0.0576 e. The normalized spacial score (nSPS) is 16.9. The van der Waals surface area contributed by atoms with E-state index in [0.29, 0.717) is 6.10 Å². The minimum absolute atomic E-state index is 0.617. The van der Waals surface area contributed by atoms with Crippen LogP contribution in [0.4, 0.5) is 0 Å². The van der Waals surface area contributed by atoms with Crippen molar-refractivity contribution in [3.63, 3.8) is 0 Å². The highest BCUT2D eigenvalue weighted by atomic mass is 16.5. The van der Waals surface area contributed by atoms with Gasteiger partial charge in [0, 0.05) is 12.2 Å². The summed E-state index contributed by atoms with van der Waals surface area (Å²) in [6, 6.07) is 9.60. The summed E-state index contributed by atoms with van der Waals surface area (Å²) in [4.78, 5) is 0. The summed E-state index contributed by atoms with van der Waals surface area (Å²) >= 11 is 0. The second kappa shape index (κ2) is 12.5. The number of ether oxygens (including phenoxy) is 1. The minimum Gasteiger partial charge on any atom is -0.378 e. The molecule has 2 rings (SSSR count). The van der Waals surface area contributed by atoms with Crippen LogP contribution in [-0.4, -0.2) is 12.7 Å². The molecule has 1 fully saturated rings. The number of hydrogen-bond acceptors (Lipinski definition) is 1. The molecule has 1 saturated heterocycles. The molecular weight excluding hydrogens is 256 g/mol. The summed E-state index contributed by atoms with van der Waals surface area (Å²) in [7, 11) is 0. The van der Waals surface area contributed by atoms with Crippen molar-refractivity contribution in [3.8, 4) is 12.3 Å². The highest BCUT2D eigenvalue weighted by Gasteiger charge is 2.13. The van der Waals surface area contributed by atoms with E-state index >= 15 is 0 Å². The Hall–Kier alpha value is -1.26. The van der Waals surface area contributed by atoms with Crippen LogP contribution < -0.4 is 0 Å². The molecule has 0 aromatic heterocycles. The quantitative estimate of drug-likeness (QED) is 0.469. The number of unbranched alkanes of at least 4 members (excludes halogenated alkanes) is 5. The Kier molecular flexibility index (Phi) is 10.6. The molecule has 1 unspecified atom stereocenters. The van der Waals surface area contributed by atoms with E-state index in [0.717, 1.165) is 12.2 Å². The van der Waals surface area contributed by atoms with Crippen LogP contribution in [0, 0.1) is 12.3 Å². The molecule has 1 aliphatic heterocycles. The Morgan fingerprint density at radius 2 is 1.81 bits per heavy atom. The largest absolute Gasteiger partial charge is 0.378 e. The molecule has 0 aliphatic carbocycles. The first-order chi connectivity index (χ1) is 10.4. The molecule has 0 bridgehead atoms. The number of benzene rings is 1. The van der Waals surface area contributed by atoms with E-state index in [9.17, 15) is 0 Å². The van der Waals surface area contributed by atoms with Crippen molar-refractivity contribution in [2.24, 2.45) is 0 Å². The average molecular weight is 286 g/mol. The van der Waals surface area contributed by atoms with Crippen LogP contribution in [0.25, 0.3) is 0 Å². The molecule has 1 atom stereocenters. The van der Waals surface area contributed by atoms with Gasteiger partial charge in [0.15, 0.2) is 0 Å². The zero-order valence-corrected chi connectivity index (χ0v) is 13.5. The van der Waals surface area contributed by atoms with E-state index in [4.69, 9.17) is 11.2 Å². The molecule has 0 radical (unpaired) electrons. The smallest absolute Gasteiger partial charge is 0.0576 e. The molecular formula is C20H30O. The topological polar surface area (TPSA) is 9.23 Å². The molecule has 116 valence electrons. The fourth-order valence-electron chi connectivity index (χ4n) is 2.56. The maximum atomic E-state index is 5.58. The van der Waals surface area contributed by atoms with Gasteiger partial charge in [0.25, 0.3) is 0 Å². The molecule has 1 nitrogen and oxygen atoms in total. The third kappa shape index (κ3) is 9.32. The van der Waals surface area contributed by atoms with Crippen LogP contribution in [0.1, 0.15) is 70.3 Å². The van der Waals surface area contributed by atoms with Gasteiger partial charge in [-0.2, -0.15) is 0 Å². The van der Waals surface area contributed by atoms with Crippen molar-refractivity contribution in [2.45, 2.75) is 70.8 Å². The standard InChI is InChI=1S/C12H24O.C8H6/c1-2-3-4-5-6-7-9-12-10-8-11-13-12;1-2-8-6-4-3-5-7-8/h12H,2-11H2,1H3;1,3-7H. The predicted octanol–water partition coefficient (Wildman–Crippen LogP) is 5.58. The SMILES string of the molecule is C#Cc1ccccc1.CCCCCCCCC1CCCO1. The van der Waals surface area contributed by atoms with E-state index in [2.05, 4.69) is 12.8 Å². The van der Waals surface area contributed by atoms with Crippen LogP contribution in [0.5, 0.6) is 0 Å². The van der Waals surface area contributed by atoms with Crippen LogP contribution >= 0.6 is 0 Å². The lowest BCUT2D eigenvalue weighted by atomic mass is 10.1. The Morgan fingerprint density at radius 3 is 2.38 bits per heavy atom. The van der Waals surface area contributed by atoms with Gasteiger partial charge in [-0.1, -0.05) is 69.6 Å². The lowest BCUT2D eigenvalue weighted by Crippen LogP contribution is -2.03. The second-order valence-corrected chi connectivity index (χ2v) is 5.70. The van der Waals surface area contributed by atoms with Crippen LogP contribution in [0.15, 0.2) is 30.3 Å². The molecule has 21 heavy (non-hydrogen) atoms. The molecule has 0 saturated carbocycles. The van der Waals surface area contributed by atoms with Crippen LogP contribution in [-0.2, 0) is 4.74 Å². The highest BCUT2D eigenvalue weighted by molar-refractivity contribution is 5.30. The second-order valence-electron chi connectivity index (χ2n) is 5.70. The van der Waals surface area contributed by atoms with E-state index in [1.165, 1.54) is 57.8 Å². The van der Waals surface area contributed by atoms with Gasteiger partial charge < -0.3 is 4.74 Å². The molecule has 1 heterocycles. The van der Waals surface area contributed by atoms with E-state index < -0.39 is 0 Å². The van der Waals surface area contributed by atoms with Crippen molar-refractivity contribution in [2.75, 3.05) is 6.61 Å². The van der Waals surface area contributed by atoms with Gasteiger partial charge in [-0.15, -0.1) is 6.42 Å². The first-order valence-electron chi connectivity index (χ1n) is 8.50. The fraction of sp³-hybridized carbons (Fsp3) is 0.600. The Balaban J connectivity index is 0.000000235. The molecule has 1 aliphatic rings. The van der Waals surface area contributed by atoms with E-state index in [-0.39, 0.29) is 0 Å². The average Bonchev–Trinajstić information content (AvgIpc) is 3.05. The highest BCUT2D eigenvalue weighted by Crippen LogP contribution is 2.18. The minimum atomic E-state index is 0.617. The summed E-state index contributed by atoms with van der Waals surface area (Å²) in [6.45, 7) is 3.28. The van der Waals surface area contributed by atoms with Crippen molar-refractivity contribution in [1.82, 2.24) is 0 Å². The summed E-state index contributed by atoms with van der Waals surface area (Å²) in [5, 5.41) is 0. The lowest BCUT2D eigenvalue weighted by molar-refractivity contribution is 0.102. The van der Waals surface area contributed by atoms with Crippen molar-refractivity contribution < 1.29 is 4.74 Å². The summed E-state index contributed by atoms with van der Waals surface area (Å²) in [5.41, 5.74) is 0.938. The summed E-state index contributed by atoms with van der Waals surface area (Å²) < 4.78 is 5.58. The zero-order valence-electron chi connectivity index (χ0n) is 13.5. The molecule has 0 amide bonds. The first-order valence-corrected chi connectivity index (χ1v) is 8.50. The summed E-state index contributed by atoms with van der Waals surface area (Å²) in [6.07, 6.45) is 18.1.